The molecule has 3 rings (SSSR count). The van der Waals surface area contributed by atoms with E-state index in [-0.39, 0.29) is 5.91 Å². The van der Waals surface area contributed by atoms with Gasteiger partial charge in [-0.25, -0.2) is 0 Å². The van der Waals surface area contributed by atoms with Gasteiger partial charge in [-0.1, -0.05) is 30.3 Å². The van der Waals surface area contributed by atoms with E-state index in [0.29, 0.717) is 19.0 Å². The molecule has 21 heavy (non-hydrogen) atoms. The van der Waals surface area contributed by atoms with Crippen LogP contribution in [0.2, 0.25) is 0 Å². The van der Waals surface area contributed by atoms with Crippen LogP contribution in [0.3, 0.4) is 0 Å². The fourth-order valence-electron chi connectivity index (χ4n) is 2.52. The van der Waals surface area contributed by atoms with Gasteiger partial charge in [-0.05, 0) is 47.2 Å². The highest BCUT2D eigenvalue weighted by Gasteiger charge is 2.34. The monoisotopic (exact) mass is 300 g/mol. The number of carbonyl (C=O) groups excluding carboxylic acids is 1. The average Bonchev–Trinajstić information content (AvgIpc) is 3.21. The van der Waals surface area contributed by atoms with Gasteiger partial charge in [0.2, 0.25) is 5.91 Å². The van der Waals surface area contributed by atoms with Crippen molar-refractivity contribution in [2.45, 2.75) is 37.9 Å². The van der Waals surface area contributed by atoms with Crippen molar-refractivity contribution in [3.05, 3.63) is 58.3 Å². The molecule has 1 heterocycles. The van der Waals surface area contributed by atoms with Crippen molar-refractivity contribution in [3.8, 4) is 0 Å². The van der Waals surface area contributed by atoms with Crippen molar-refractivity contribution in [2.24, 2.45) is 5.73 Å². The largest absolute Gasteiger partial charge is 0.334 e. The van der Waals surface area contributed by atoms with Gasteiger partial charge in [0.05, 0.1) is 6.04 Å². The zero-order valence-corrected chi connectivity index (χ0v) is 12.8. The molecule has 2 aromatic rings. The molecule has 3 nitrogen and oxygen atoms in total. The van der Waals surface area contributed by atoms with E-state index in [1.54, 1.807) is 11.3 Å². The number of rotatable bonds is 6. The lowest BCUT2D eigenvalue weighted by atomic mass is 10.1. The number of nitrogens with zero attached hydrogens (tertiary/aromatic N) is 1. The van der Waals surface area contributed by atoms with Gasteiger partial charge in [0.25, 0.3) is 0 Å². The van der Waals surface area contributed by atoms with Crippen LogP contribution in [-0.2, 0) is 17.8 Å². The van der Waals surface area contributed by atoms with Gasteiger partial charge in [-0.3, -0.25) is 4.79 Å². The van der Waals surface area contributed by atoms with Crippen LogP contribution < -0.4 is 5.73 Å². The summed E-state index contributed by atoms with van der Waals surface area (Å²) in [6.07, 6.45) is 2.81. The standard InChI is InChI=1S/C17H20N2OS/c18-16(10-13-4-2-1-3-5-13)17(20)19(15-6-7-15)11-14-8-9-21-12-14/h1-5,8-9,12,15-16H,6-7,10-11,18H2. The SMILES string of the molecule is NC(Cc1ccccc1)C(=O)N(Cc1ccsc1)C1CC1. The van der Waals surface area contributed by atoms with Crippen LogP contribution in [0.4, 0.5) is 0 Å². The first-order valence-corrected chi connectivity index (χ1v) is 8.29. The smallest absolute Gasteiger partial charge is 0.240 e. The quantitative estimate of drug-likeness (QED) is 0.891. The van der Waals surface area contributed by atoms with Crippen LogP contribution in [-0.4, -0.2) is 22.9 Å². The van der Waals surface area contributed by atoms with Gasteiger partial charge in [-0.2, -0.15) is 11.3 Å². The van der Waals surface area contributed by atoms with Gasteiger partial charge in [0.15, 0.2) is 0 Å². The van der Waals surface area contributed by atoms with Crippen LogP contribution in [0.5, 0.6) is 0 Å². The van der Waals surface area contributed by atoms with Crippen molar-refractivity contribution in [1.29, 1.82) is 0 Å². The summed E-state index contributed by atoms with van der Waals surface area (Å²) < 4.78 is 0. The third-order valence-electron chi connectivity index (χ3n) is 3.82. The molecule has 1 aliphatic carbocycles. The first-order chi connectivity index (χ1) is 10.2. The first kappa shape index (κ1) is 14.3. The molecule has 4 heteroatoms. The van der Waals surface area contributed by atoms with Gasteiger partial charge >= 0.3 is 0 Å². The van der Waals surface area contributed by atoms with E-state index < -0.39 is 6.04 Å². The molecule has 0 saturated heterocycles. The summed E-state index contributed by atoms with van der Waals surface area (Å²) >= 11 is 1.67. The van der Waals surface area contributed by atoms with E-state index >= 15 is 0 Å². The average molecular weight is 300 g/mol. The van der Waals surface area contributed by atoms with Crippen LogP contribution in [0.1, 0.15) is 24.0 Å². The molecule has 1 aromatic heterocycles. The van der Waals surface area contributed by atoms with Gasteiger partial charge in [0, 0.05) is 12.6 Å². The first-order valence-electron chi connectivity index (χ1n) is 7.35. The highest BCUT2D eigenvalue weighted by Crippen LogP contribution is 2.29. The summed E-state index contributed by atoms with van der Waals surface area (Å²) in [6, 6.07) is 12.0. The second-order valence-electron chi connectivity index (χ2n) is 5.63. The Hall–Kier alpha value is -1.65. The summed E-state index contributed by atoms with van der Waals surface area (Å²) in [5, 5.41) is 4.15. The molecule has 1 fully saturated rings. The van der Waals surface area contributed by atoms with Crippen LogP contribution in [0.25, 0.3) is 0 Å². The number of hydrogen-bond donors (Lipinski definition) is 1. The summed E-state index contributed by atoms with van der Waals surface area (Å²) in [5.41, 5.74) is 8.47. The summed E-state index contributed by atoms with van der Waals surface area (Å²) in [7, 11) is 0. The number of nitrogens with two attached hydrogens (primary N) is 1. The fourth-order valence-corrected chi connectivity index (χ4v) is 3.18. The van der Waals surface area contributed by atoms with Gasteiger partial charge in [-0.15, -0.1) is 0 Å². The normalized spacial score (nSPS) is 15.7. The Labute approximate surface area is 129 Å². The maximum absolute atomic E-state index is 12.7. The Morgan fingerprint density at radius 3 is 2.62 bits per heavy atom. The van der Waals surface area contributed by atoms with Gasteiger partial charge in [0.1, 0.15) is 0 Å². The molecule has 1 atom stereocenters. The topological polar surface area (TPSA) is 46.3 Å². The highest BCUT2D eigenvalue weighted by molar-refractivity contribution is 7.07. The summed E-state index contributed by atoms with van der Waals surface area (Å²) in [4.78, 5) is 14.6. The molecule has 1 aromatic carbocycles. The van der Waals surface area contributed by atoms with E-state index in [0.717, 1.165) is 18.4 Å². The van der Waals surface area contributed by atoms with E-state index in [1.807, 2.05) is 35.2 Å². The summed E-state index contributed by atoms with van der Waals surface area (Å²) in [6.45, 7) is 0.690. The zero-order valence-electron chi connectivity index (χ0n) is 11.9. The van der Waals surface area contributed by atoms with Crippen molar-refractivity contribution >= 4 is 17.2 Å². The maximum Gasteiger partial charge on any atom is 0.240 e. The molecule has 0 radical (unpaired) electrons. The lowest BCUT2D eigenvalue weighted by molar-refractivity contribution is -0.133. The Balaban J connectivity index is 1.66. The third-order valence-corrected chi connectivity index (χ3v) is 4.55. The molecule has 1 saturated carbocycles. The minimum absolute atomic E-state index is 0.0764. The second kappa shape index (κ2) is 6.41. The molecular formula is C17H20N2OS. The Morgan fingerprint density at radius 1 is 1.24 bits per heavy atom. The van der Waals surface area contributed by atoms with Crippen molar-refractivity contribution in [1.82, 2.24) is 4.90 Å². The summed E-state index contributed by atoms with van der Waals surface area (Å²) in [5.74, 6) is 0.0764. The molecule has 2 N–H and O–H groups in total. The molecule has 1 unspecified atom stereocenters. The lowest BCUT2D eigenvalue weighted by Crippen LogP contribution is -2.45. The number of benzene rings is 1. The van der Waals surface area contributed by atoms with E-state index in [9.17, 15) is 4.79 Å². The van der Waals surface area contributed by atoms with E-state index in [2.05, 4.69) is 16.8 Å². The molecule has 0 aliphatic heterocycles. The van der Waals surface area contributed by atoms with E-state index in [1.165, 1.54) is 5.56 Å². The number of carbonyl (C=O) groups is 1. The van der Waals surface area contributed by atoms with Crippen molar-refractivity contribution < 1.29 is 4.79 Å². The minimum Gasteiger partial charge on any atom is -0.334 e. The second-order valence-corrected chi connectivity index (χ2v) is 6.41. The van der Waals surface area contributed by atoms with Crippen LogP contribution in [0.15, 0.2) is 47.2 Å². The Bertz CT molecular complexity index is 578. The number of amides is 1. The Kier molecular flexibility index (Phi) is 4.36. The van der Waals surface area contributed by atoms with Crippen LogP contribution in [0, 0.1) is 0 Å². The molecule has 110 valence electrons. The van der Waals surface area contributed by atoms with Crippen molar-refractivity contribution in [2.75, 3.05) is 0 Å². The molecular weight excluding hydrogens is 280 g/mol. The number of thiophene rings is 1. The Morgan fingerprint density at radius 2 is 2.00 bits per heavy atom. The molecule has 0 spiro atoms. The predicted molar refractivity (Wildman–Crippen MR) is 86.0 cm³/mol. The molecule has 1 amide bonds. The number of hydrogen-bond acceptors (Lipinski definition) is 3. The van der Waals surface area contributed by atoms with Gasteiger partial charge < -0.3 is 10.6 Å². The zero-order chi connectivity index (χ0) is 14.7. The minimum atomic E-state index is -0.452. The molecule has 0 bridgehead atoms. The lowest BCUT2D eigenvalue weighted by Gasteiger charge is -2.25. The maximum atomic E-state index is 12.7. The fraction of sp³-hybridized carbons (Fsp3) is 0.353. The third kappa shape index (κ3) is 3.71. The van der Waals surface area contributed by atoms with E-state index in [4.69, 9.17) is 5.73 Å². The molecule has 1 aliphatic rings. The predicted octanol–water partition coefficient (Wildman–Crippen LogP) is 2.81. The van der Waals surface area contributed by atoms with Crippen molar-refractivity contribution in [3.63, 3.8) is 0 Å². The van der Waals surface area contributed by atoms with Crippen LogP contribution >= 0.6 is 11.3 Å². The highest BCUT2D eigenvalue weighted by atomic mass is 32.1.